The molecular formula is C27H35F3N6O4. The van der Waals surface area contributed by atoms with E-state index in [9.17, 15) is 27.9 Å². The Labute approximate surface area is 230 Å². The summed E-state index contributed by atoms with van der Waals surface area (Å²) >= 11 is 0. The van der Waals surface area contributed by atoms with E-state index < -0.39 is 24.7 Å². The summed E-state index contributed by atoms with van der Waals surface area (Å²) in [6.07, 6.45) is -1.40. The van der Waals surface area contributed by atoms with Crippen molar-refractivity contribution in [3.05, 3.63) is 48.2 Å². The van der Waals surface area contributed by atoms with Crippen LogP contribution in [0.4, 0.5) is 13.2 Å². The molecule has 1 aliphatic carbocycles. The zero-order valence-corrected chi connectivity index (χ0v) is 22.7. The average Bonchev–Trinajstić information content (AvgIpc) is 3.48. The highest BCUT2D eigenvalue weighted by atomic mass is 19.4. The number of hydrogen-bond donors (Lipinski definition) is 4. The second-order valence-electron chi connectivity index (χ2n) is 9.86. The topological polar surface area (TPSA) is 157 Å². The van der Waals surface area contributed by atoms with Crippen molar-refractivity contribution in [2.75, 3.05) is 0 Å². The number of nitrogens with one attached hydrogen (secondary N) is 2. The standard InChI is InChI=1S/C27H32F3N5O4.H3N/c1-4-19(5-2)33-24(37)21-12-31-26(39-21)18-8-6-7-17(11-18)20-13-35(14-22(36)27(28,29)30)23(34-20)25(38)32-15(3)16-9-10-16;/h6-8,11-13,15-16,19,22,36H,4-5,9-10,14H2,1-3H3,(H,32,38)(H,33,37);1H3/t15-,22?;/m0./s1. The molecule has 4 rings (SSSR count). The van der Waals surface area contributed by atoms with Gasteiger partial charge in [0.05, 0.1) is 18.4 Å². The van der Waals surface area contributed by atoms with Crippen molar-refractivity contribution < 1.29 is 32.3 Å². The Morgan fingerprint density at radius 3 is 2.45 bits per heavy atom. The van der Waals surface area contributed by atoms with Gasteiger partial charge >= 0.3 is 6.18 Å². The van der Waals surface area contributed by atoms with Gasteiger partial charge in [0, 0.05) is 29.4 Å². The fraction of sp³-hybridized carbons (Fsp3) is 0.481. The first-order valence-corrected chi connectivity index (χ1v) is 13.0. The van der Waals surface area contributed by atoms with Gasteiger partial charge in [-0.3, -0.25) is 9.59 Å². The third-order valence-electron chi connectivity index (χ3n) is 6.87. The Balaban J connectivity index is 0.00000441. The van der Waals surface area contributed by atoms with Gasteiger partial charge in [0.25, 0.3) is 11.8 Å². The second kappa shape index (κ2) is 12.6. The van der Waals surface area contributed by atoms with Gasteiger partial charge in [-0.25, -0.2) is 9.97 Å². The molecule has 1 unspecified atom stereocenters. The number of oxazole rings is 1. The first-order chi connectivity index (χ1) is 18.5. The van der Waals surface area contributed by atoms with Gasteiger partial charge in [-0.15, -0.1) is 0 Å². The fourth-order valence-electron chi connectivity index (χ4n) is 4.22. The molecule has 2 amide bonds. The number of carbonyl (C=O) groups excluding carboxylic acids is 2. The van der Waals surface area contributed by atoms with Crippen LogP contribution in [-0.2, 0) is 6.54 Å². The van der Waals surface area contributed by atoms with E-state index in [1.807, 2.05) is 20.8 Å². The maximum absolute atomic E-state index is 13.1. The van der Waals surface area contributed by atoms with Crippen molar-refractivity contribution in [1.29, 1.82) is 0 Å². The molecule has 2 atom stereocenters. The molecule has 6 N–H and O–H groups in total. The monoisotopic (exact) mass is 564 g/mol. The highest BCUT2D eigenvalue weighted by Gasteiger charge is 2.39. The average molecular weight is 565 g/mol. The van der Waals surface area contributed by atoms with Gasteiger partial charge in [-0.05, 0) is 50.7 Å². The summed E-state index contributed by atoms with van der Waals surface area (Å²) in [5, 5.41) is 15.4. The number of aliphatic hydroxyl groups is 1. The number of hydrogen-bond acceptors (Lipinski definition) is 7. The minimum Gasteiger partial charge on any atom is -0.431 e. The van der Waals surface area contributed by atoms with E-state index in [0.29, 0.717) is 17.0 Å². The number of benzene rings is 1. The Kier molecular flexibility index (Phi) is 9.74. The highest BCUT2D eigenvalue weighted by Crippen LogP contribution is 2.33. The summed E-state index contributed by atoms with van der Waals surface area (Å²) in [6, 6.07) is 6.57. The highest BCUT2D eigenvalue weighted by molar-refractivity contribution is 5.92. The van der Waals surface area contributed by atoms with E-state index >= 15 is 0 Å². The lowest BCUT2D eigenvalue weighted by atomic mass is 10.1. The molecule has 0 bridgehead atoms. The first kappa shape index (κ1) is 30.8. The van der Waals surface area contributed by atoms with Gasteiger partial charge in [-0.1, -0.05) is 26.0 Å². The van der Waals surface area contributed by atoms with E-state index in [0.717, 1.165) is 30.3 Å². The van der Waals surface area contributed by atoms with Gasteiger partial charge in [0.15, 0.2) is 11.9 Å². The van der Waals surface area contributed by atoms with Crippen LogP contribution in [-0.4, -0.2) is 55.8 Å². The van der Waals surface area contributed by atoms with Crippen LogP contribution in [0.15, 0.2) is 41.1 Å². The molecular weight excluding hydrogens is 529 g/mol. The molecule has 0 spiro atoms. The van der Waals surface area contributed by atoms with E-state index in [-0.39, 0.29) is 47.3 Å². The number of imidazole rings is 1. The van der Waals surface area contributed by atoms with Gasteiger partial charge in [-0.2, -0.15) is 13.2 Å². The summed E-state index contributed by atoms with van der Waals surface area (Å²) < 4.78 is 46.0. The van der Waals surface area contributed by atoms with Crippen LogP contribution in [0, 0.1) is 5.92 Å². The van der Waals surface area contributed by atoms with E-state index in [4.69, 9.17) is 4.42 Å². The van der Waals surface area contributed by atoms with Crippen LogP contribution in [0.5, 0.6) is 0 Å². The van der Waals surface area contributed by atoms with Crippen LogP contribution < -0.4 is 16.8 Å². The summed E-state index contributed by atoms with van der Waals surface area (Å²) in [7, 11) is 0. The Bertz CT molecular complexity index is 1310. The summed E-state index contributed by atoms with van der Waals surface area (Å²) in [6.45, 7) is 4.90. The SMILES string of the molecule is CCC(CC)NC(=O)c1cnc(-c2cccc(-c3cn(CC(O)C(F)(F)F)c(C(=O)N[C@@H](C)C4CC4)n3)c2)o1.N. The molecule has 2 aromatic heterocycles. The van der Waals surface area contributed by atoms with Crippen LogP contribution >= 0.6 is 0 Å². The van der Waals surface area contributed by atoms with Crippen LogP contribution in [0.25, 0.3) is 22.7 Å². The predicted octanol–water partition coefficient (Wildman–Crippen LogP) is 4.74. The van der Waals surface area contributed by atoms with Crippen molar-refractivity contribution in [1.82, 2.24) is 31.3 Å². The molecule has 2 heterocycles. The number of amides is 2. The van der Waals surface area contributed by atoms with Crippen LogP contribution in [0.1, 0.15) is 67.6 Å². The number of aromatic nitrogens is 3. The fourth-order valence-corrected chi connectivity index (χ4v) is 4.22. The number of alkyl halides is 3. The number of rotatable bonds is 11. The zero-order valence-electron chi connectivity index (χ0n) is 22.7. The first-order valence-electron chi connectivity index (χ1n) is 13.0. The number of halogens is 3. The molecule has 3 aromatic rings. The lowest BCUT2D eigenvalue weighted by molar-refractivity contribution is -0.207. The third kappa shape index (κ3) is 7.27. The predicted molar refractivity (Wildman–Crippen MR) is 142 cm³/mol. The van der Waals surface area contributed by atoms with Crippen molar-refractivity contribution in [2.24, 2.45) is 5.92 Å². The molecule has 0 saturated heterocycles. The molecule has 1 aliphatic rings. The van der Waals surface area contributed by atoms with Crippen molar-refractivity contribution in [3.63, 3.8) is 0 Å². The molecule has 40 heavy (non-hydrogen) atoms. The van der Waals surface area contributed by atoms with Gasteiger partial charge in [0.1, 0.15) is 0 Å². The Morgan fingerprint density at radius 1 is 1.15 bits per heavy atom. The van der Waals surface area contributed by atoms with Crippen LogP contribution in [0.3, 0.4) is 0 Å². The largest absolute Gasteiger partial charge is 0.431 e. The molecule has 0 radical (unpaired) electrons. The molecule has 0 aliphatic heterocycles. The van der Waals surface area contributed by atoms with Gasteiger partial charge < -0.3 is 30.9 Å². The normalized spacial score (nSPS) is 14.9. The minimum atomic E-state index is -4.86. The van der Waals surface area contributed by atoms with Crippen LogP contribution in [0.2, 0.25) is 0 Å². The molecule has 1 aromatic carbocycles. The Morgan fingerprint density at radius 2 is 1.82 bits per heavy atom. The zero-order chi connectivity index (χ0) is 28.3. The maximum atomic E-state index is 13.1. The molecule has 218 valence electrons. The lowest BCUT2D eigenvalue weighted by Crippen LogP contribution is -2.38. The summed E-state index contributed by atoms with van der Waals surface area (Å²) in [4.78, 5) is 34.0. The van der Waals surface area contributed by atoms with E-state index in [2.05, 4.69) is 20.6 Å². The lowest BCUT2D eigenvalue weighted by Gasteiger charge is -2.17. The summed E-state index contributed by atoms with van der Waals surface area (Å²) in [5.41, 5.74) is 1.22. The van der Waals surface area contributed by atoms with E-state index in [1.54, 1.807) is 24.3 Å². The second-order valence-corrected chi connectivity index (χ2v) is 9.86. The van der Waals surface area contributed by atoms with Crippen molar-refractivity contribution >= 4 is 11.8 Å². The number of nitrogens with zero attached hydrogens (tertiary/aromatic N) is 3. The van der Waals surface area contributed by atoms with Gasteiger partial charge in [0.2, 0.25) is 11.7 Å². The Hall–Kier alpha value is -3.71. The number of carbonyl (C=O) groups is 2. The van der Waals surface area contributed by atoms with E-state index in [1.165, 1.54) is 12.4 Å². The quantitative estimate of drug-likeness (QED) is 0.262. The number of aliphatic hydroxyl groups excluding tert-OH is 1. The molecule has 1 fully saturated rings. The minimum absolute atomic E-state index is 0. The third-order valence-corrected chi connectivity index (χ3v) is 6.87. The smallest absolute Gasteiger partial charge is 0.416 e. The molecule has 10 nitrogen and oxygen atoms in total. The summed E-state index contributed by atoms with van der Waals surface area (Å²) in [5.74, 6) is -0.672. The molecule has 13 heteroatoms. The maximum Gasteiger partial charge on any atom is 0.416 e. The molecule has 1 saturated carbocycles. The van der Waals surface area contributed by atoms with Crippen molar-refractivity contribution in [2.45, 2.75) is 77.4 Å². The van der Waals surface area contributed by atoms with Crippen molar-refractivity contribution in [3.8, 4) is 22.7 Å².